The van der Waals surface area contributed by atoms with Crippen LogP contribution < -0.4 is 10.2 Å². The molecule has 0 spiro atoms. The second-order valence-corrected chi connectivity index (χ2v) is 5.47. The Balaban J connectivity index is 1.51. The lowest BCUT2D eigenvalue weighted by Crippen LogP contribution is -2.31. The van der Waals surface area contributed by atoms with Crippen LogP contribution in [-0.4, -0.2) is 48.7 Å². The molecule has 1 aliphatic rings. The number of thiazole rings is 1. The maximum absolute atomic E-state index is 10.9. The molecule has 1 aromatic rings. The van der Waals surface area contributed by atoms with Crippen molar-refractivity contribution in [2.45, 2.75) is 31.6 Å². The van der Waals surface area contributed by atoms with Gasteiger partial charge in [-0.25, -0.2) is 0 Å². The highest BCUT2D eigenvalue weighted by atomic mass is 32.1. The van der Waals surface area contributed by atoms with Gasteiger partial charge in [-0.3, -0.25) is 4.79 Å². The number of nitrogens with one attached hydrogen (secondary N) is 2. The molecule has 1 aliphatic heterocycles. The SMILES string of the molecule is O=c1[nH]c(CNCC(O)COCC2CCCO2)cs1. The maximum atomic E-state index is 10.9. The third-order valence-electron chi connectivity index (χ3n) is 2.90. The molecule has 19 heavy (non-hydrogen) atoms. The number of ether oxygens (including phenoxy) is 2. The van der Waals surface area contributed by atoms with Gasteiger partial charge >= 0.3 is 4.87 Å². The van der Waals surface area contributed by atoms with Gasteiger partial charge < -0.3 is 24.9 Å². The first kappa shape index (κ1) is 14.7. The molecule has 1 fully saturated rings. The average Bonchev–Trinajstić information content (AvgIpc) is 3.01. The summed E-state index contributed by atoms with van der Waals surface area (Å²) in [4.78, 5) is 13.6. The second kappa shape index (κ2) is 7.76. The highest BCUT2D eigenvalue weighted by molar-refractivity contribution is 7.07. The van der Waals surface area contributed by atoms with Crippen molar-refractivity contribution in [3.05, 3.63) is 20.7 Å². The molecule has 2 atom stereocenters. The Hall–Kier alpha value is -0.730. The summed E-state index contributed by atoms with van der Waals surface area (Å²) in [6.45, 7) is 2.64. The molecule has 2 rings (SSSR count). The van der Waals surface area contributed by atoms with Crippen LogP contribution in [0.3, 0.4) is 0 Å². The van der Waals surface area contributed by atoms with Gasteiger partial charge in [-0.05, 0) is 12.8 Å². The normalized spacial score (nSPS) is 20.8. The van der Waals surface area contributed by atoms with E-state index in [0.29, 0.717) is 26.3 Å². The summed E-state index contributed by atoms with van der Waals surface area (Å²) in [5, 5.41) is 14.6. The van der Waals surface area contributed by atoms with Crippen molar-refractivity contribution in [2.75, 3.05) is 26.4 Å². The molecule has 0 radical (unpaired) electrons. The minimum Gasteiger partial charge on any atom is -0.389 e. The van der Waals surface area contributed by atoms with Crippen molar-refractivity contribution in [1.82, 2.24) is 10.3 Å². The monoisotopic (exact) mass is 288 g/mol. The van der Waals surface area contributed by atoms with Gasteiger partial charge in [-0.2, -0.15) is 0 Å². The van der Waals surface area contributed by atoms with Gasteiger partial charge in [-0.15, -0.1) is 0 Å². The molecule has 0 bridgehead atoms. The van der Waals surface area contributed by atoms with Crippen molar-refractivity contribution in [2.24, 2.45) is 0 Å². The van der Waals surface area contributed by atoms with Crippen LogP contribution in [0.4, 0.5) is 0 Å². The first-order valence-corrected chi connectivity index (χ1v) is 7.37. The first-order chi connectivity index (χ1) is 9.24. The number of aromatic nitrogens is 1. The van der Waals surface area contributed by atoms with Gasteiger partial charge in [0, 0.05) is 30.8 Å². The maximum Gasteiger partial charge on any atom is 0.304 e. The number of hydrogen-bond acceptors (Lipinski definition) is 6. The molecule has 0 amide bonds. The molecule has 1 aromatic heterocycles. The first-order valence-electron chi connectivity index (χ1n) is 6.49. The summed E-state index contributed by atoms with van der Waals surface area (Å²) in [5.74, 6) is 0. The third kappa shape index (κ3) is 5.42. The Kier molecular flexibility index (Phi) is 5.99. The predicted molar refractivity (Wildman–Crippen MR) is 72.4 cm³/mol. The van der Waals surface area contributed by atoms with E-state index in [2.05, 4.69) is 10.3 Å². The average molecular weight is 288 g/mol. The predicted octanol–water partition coefficient (Wildman–Crippen LogP) is 0.0825. The topological polar surface area (TPSA) is 83.6 Å². The lowest BCUT2D eigenvalue weighted by atomic mass is 10.2. The molecule has 7 heteroatoms. The van der Waals surface area contributed by atoms with E-state index in [0.717, 1.165) is 36.5 Å². The zero-order valence-corrected chi connectivity index (χ0v) is 11.6. The zero-order valence-electron chi connectivity index (χ0n) is 10.8. The summed E-state index contributed by atoms with van der Waals surface area (Å²) in [7, 11) is 0. The number of rotatable bonds is 8. The van der Waals surface area contributed by atoms with E-state index in [1.165, 1.54) is 0 Å². The molecule has 0 aliphatic carbocycles. The Morgan fingerprint density at radius 1 is 1.68 bits per heavy atom. The summed E-state index contributed by atoms with van der Waals surface area (Å²) < 4.78 is 10.8. The van der Waals surface area contributed by atoms with Crippen LogP contribution in [0.25, 0.3) is 0 Å². The van der Waals surface area contributed by atoms with Crippen molar-refractivity contribution in [1.29, 1.82) is 0 Å². The fourth-order valence-electron chi connectivity index (χ4n) is 1.94. The van der Waals surface area contributed by atoms with Gasteiger partial charge in [0.1, 0.15) is 0 Å². The summed E-state index contributed by atoms with van der Waals surface area (Å²) >= 11 is 1.14. The van der Waals surface area contributed by atoms with E-state index in [1.807, 2.05) is 0 Å². The van der Waals surface area contributed by atoms with E-state index in [-0.39, 0.29) is 11.0 Å². The van der Waals surface area contributed by atoms with Crippen LogP contribution in [-0.2, 0) is 16.0 Å². The Morgan fingerprint density at radius 2 is 2.58 bits per heavy atom. The van der Waals surface area contributed by atoms with Gasteiger partial charge in [0.2, 0.25) is 0 Å². The van der Waals surface area contributed by atoms with Crippen molar-refractivity contribution >= 4 is 11.3 Å². The van der Waals surface area contributed by atoms with Gasteiger partial charge in [0.25, 0.3) is 0 Å². The van der Waals surface area contributed by atoms with E-state index in [1.54, 1.807) is 5.38 Å². The molecule has 3 N–H and O–H groups in total. The van der Waals surface area contributed by atoms with E-state index >= 15 is 0 Å². The fraction of sp³-hybridized carbons (Fsp3) is 0.750. The number of H-pyrrole nitrogens is 1. The summed E-state index contributed by atoms with van der Waals surface area (Å²) in [6, 6.07) is 0. The van der Waals surface area contributed by atoms with E-state index in [4.69, 9.17) is 9.47 Å². The number of hydrogen-bond donors (Lipinski definition) is 3. The van der Waals surface area contributed by atoms with Crippen LogP contribution in [0, 0.1) is 0 Å². The molecule has 6 nitrogen and oxygen atoms in total. The number of aliphatic hydroxyl groups excluding tert-OH is 1. The highest BCUT2D eigenvalue weighted by Crippen LogP contribution is 2.11. The molecule has 2 heterocycles. The molecule has 0 saturated carbocycles. The molecular weight excluding hydrogens is 268 g/mol. The van der Waals surface area contributed by atoms with Gasteiger partial charge in [-0.1, -0.05) is 11.3 Å². The number of aliphatic hydroxyl groups is 1. The van der Waals surface area contributed by atoms with Crippen LogP contribution >= 0.6 is 11.3 Å². The smallest absolute Gasteiger partial charge is 0.304 e. The van der Waals surface area contributed by atoms with Crippen LogP contribution in [0.1, 0.15) is 18.5 Å². The Morgan fingerprint density at radius 3 is 3.26 bits per heavy atom. The minimum absolute atomic E-state index is 0.0581. The highest BCUT2D eigenvalue weighted by Gasteiger charge is 2.16. The molecule has 1 saturated heterocycles. The quantitative estimate of drug-likeness (QED) is 0.631. The van der Waals surface area contributed by atoms with Gasteiger partial charge in [0.15, 0.2) is 0 Å². The van der Waals surface area contributed by atoms with Gasteiger partial charge in [0.05, 0.1) is 25.4 Å². The molecular formula is C12H20N2O4S. The van der Waals surface area contributed by atoms with Crippen molar-refractivity contribution < 1.29 is 14.6 Å². The lowest BCUT2D eigenvalue weighted by molar-refractivity contribution is -0.0164. The summed E-state index contributed by atoms with van der Waals surface area (Å²) in [6.07, 6.45) is 1.78. The van der Waals surface area contributed by atoms with Crippen molar-refractivity contribution in [3.8, 4) is 0 Å². The molecule has 0 aromatic carbocycles. The zero-order chi connectivity index (χ0) is 13.5. The largest absolute Gasteiger partial charge is 0.389 e. The van der Waals surface area contributed by atoms with E-state index < -0.39 is 6.10 Å². The standard InChI is InChI=1S/C12H20N2O4S/c15-10(6-17-7-11-2-1-3-18-11)5-13-4-9-8-19-12(16)14-9/h8,10-11,13,15H,1-7H2,(H,14,16). The number of aromatic amines is 1. The second-order valence-electron chi connectivity index (χ2n) is 4.63. The summed E-state index contributed by atoms with van der Waals surface area (Å²) in [5.41, 5.74) is 0.836. The fourth-order valence-corrected chi connectivity index (χ4v) is 2.53. The van der Waals surface area contributed by atoms with Crippen molar-refractivity contribution in [3.63, 3.8) is 0 Å². The third-order valence-corrected chi connectivity index (χ3v) is 3.62. The minimum atomic E-state index is -0.549. The lowest BCUT2D eigenvalue weighted by Gasteiger charge is -2.14. The Labute approximate surface area is 115 Å². The Bertz CT molecular complexity index is 414. The van der Waals surface area contributed by atoms with Crippen LogP contribution in [0.5, 0.6) is 0 Å². The van der Waals surface area contributed by atoms with Crippen LogP contribution in [0.2, 0.25) is 0 Å². The molecule has 2 unspecified atom stereocenters. The molecule has 108 valence electrons. The van der Waals surface area contributed by atoms with E-state index in [9.17, 15) is 9.90 Å². The van der Waals surface area contributed by atoms with Crippen LogP contribution in [0.15, 0.2) is 10.2 Å².